The van der Waals surface area contributed by atoms with Gasteiger partial charge in [0.25, 0.3) is 5.56 Å². The molecule has 0 spiro atoms. The summed E-state index contributed by atoms with van der Waals surface area (Å²) in [6.07, 6.45) is 1.48. The number of rotatable bonds is 1. The highest BCUT2D eigenvalue weighted by molar-refractivity contribution is 9.10. The average Bonchev–Trinajstić information content (AvgIpc) is 2.11. The lowest BCUT2D eigenvalue weighted by Crippen LogP contribution is -2.21. The van der Waals surface area contributed by atoms with Gasteiger partial charge in [-0.3, -0.25) is 9.36 Å². The van der Waals surface area contributed by atoms with Crippen LogP contribution in [0.2, 0.25) is 0 Å². The van der Waals surface area contributed by atoms with Crippen LogP contribution < -0.4 is 11.3 Å². The van der Waals surface area contributed by atoms with Gasteiger partial charge in [0.2, 0.25) is 0 Å². The molecule has 0 bridgehead atoms. The Bertz CT molecular complexity index is 430. The monoisotopic (exact) mass is 241 g/mol. The van der Waals surface area contributed by atoms with Gasteiger partial charge in [-0.1, -0.05) is 0 Å². The van der Waals surface area contributed by atoms with Gasteiger partial charge < -0.3 is 5.73 Å². The van der Waals surface area contributed by atoms with Gasteiger partial charge in [-0.2, -0.15) is 5.26 Å². The smallest absolute Gasteiger partial charge is 0.266 e. The third kappa shape index (κ3) is 1.73. The molecule has 0 aliphatic heterocycles. The molecule has 0 fully saturated rings. The molecular formula is C8H8BrN3O. The van der Waals surface area contributed by atoms with Crippen LogP contribution in [0.1, 0.15) is 5.56 Å². The number of aromatic nitrogens is 1. The molecule has 1 heterocycles. The lowest BCUT2D eigenvalue weighted by Gasteiger charge is -2.06. The van der Waals surface area contributed by atoms with Gasteiger partial charge in [-0.05, 0) is 28.4 Å². The molecule has 0 aliphatic rings. The Kier molecular flexibility index (Phi) is 2.73. The van der Waals surface area contributed by atoms with E-state index in [0.29, 0.717) is 15.7 Å². The minimum absolute atomic E-state index is 0.0158. The van der Waals surface area contributed by atoms with E-state index in [4.69, 9.17) is 11.0 Å². The second-order valence-corrected chi connectivity index (χ2v) is 3.41. The number of nitrogen functional groups attached to an aromatic ring is 1. The molecule has 0 aliphatic carbocycles. The van der Waals surface area contributed by atoms with Crippen molar-refractivity contribution in [1.82, 2.24) is 4.57 Å². The highest BCUT2D eigenvalue weighted by atomic mass is 79.9. The Morgan fingerprint density at radius 2 is 2.38 bits per heavy atom. The Labute approximate surface area is 83.7 Å². The summed E-state index contributed by atoms with van der Waals surface area (Å²) in [5.74, 6) is 0. The molecule has 2 N–H and O–H groups in total. The fraction of sp³-hybridized carbons (Fsp3) is 0.250. The van der Waals surface area contributed by atoms with Crippen molar-refractivity contribution in [2.75, 3.05) is 5.73 Å². The van der Waals surface area contributed by atoms with Crippen LogP contribution in [-0.2, 0) is 6.54 Å². The average molecular weight is 242 g/mol. The zero-order valence-electron chi connectivity index (χ0n) is 7.04. The van der Waals surface area contributed by atoms with Crippen LogP contribution in [-0.4, -0.2) is 4.57 Å². The second kappa shape index (κ2) is 3.62. The number of hydrogen-bond donors (Lipinski definition) is 1. The van der Waals surface area contributed by atoms with Gasteiger partial charge >= 0.3 is 0 Å². The van der Waals surface area contributed by atoms with Crippen LogP contribution in [0.4, 0.5) is 5.69 Å². The molecule has 0 saturated heterocycles. The number of nitrogens with two attached hydrogens (primary N) is 1. The van der Waals surface area contributed by atoms with Gasteiger partial charge in [0, 0.05) is 6.20 Å². The molecule has 1 aromatic heterocycles. The van der Waals surface area contributed by atoms with Crippen molar-refractivity contribution >= 4 is 21.6 Å². The molecule has 0 unspecified atom stereocenters. The molecule has 0 saturated carbocycles. The molecule has 0 radical (unpaired) electrons. The summed E-state index contributed by atoms with van der Waals surface area (Å²) in [5, 5.41) is 8.43. The van der Waals surface area contributed by atoms with Crippen molar-refractivity contribution in [1.29, 1.82) is 5.26 Å². The summed E-state index contributed by atoms with van der Waals surface area (Å²) in [5.41, 5.74) is 6.60. The summed E-state index contributed by atoms with van der Waals surface area (Å²) < 4.78 is 1.69. The Morgan fingerprint density at radius 3 is 2.92 bits per heavy atom. The Hall–Kier alpha value is -1.28. The molecule has 1 rings (SSSR count). The van der Waals surface area contributed by atoms with Crippen LogP contribution in [0.15, 0.2) is 15.5 Å². The third-order valence-corrected chi connectivity index (χ3v) is 2.68. The normalized spacial score (nSPS) is 9.62. The Balaban J connectivity index is 3.43. The first-order valence-electron chi connectivity index (χ1n) is 3.60. The van der Waals surface area contributed by atoms with E-state index in [1.807, 2.05) is 6.07 Å². The first-order valence-corrected chi connectivity index (χ1v) is 4.39. The topological polar surface area (TPSA) is 71.8 Å². The highest BCUT2D eigenvalue weighted by Gasteiger charge is 2.07. The van der Waals surface area contributed by atoms with E-state index in [1.54, 1.807) is 6.92 Å². The molecule has 4 nitrogen and oxygen atoms in total. The fourth-order valence-corrected chi connectivity index (χ4v) is 1.39. The second-order valence-electron chi connectivity index (χ2n) is 2.61. The minimum Gasteiger partial charge on any atom is -0.397 e. The molecule has 13 heavy (non-hydrogen) atoms. The van der Waals surface area contributed by atoms with Gasteiger partial charge in [0.05, 0.1) is 16.2 Å². The minimum atomic E-state index is -0.228. The van der Waals surface area contributed by atoms with E-state index in [-0.39, 0.29) is 12.1 Å². The van der Waals surface area contributed by atoms with E-state index < -0.39 is 0 Å². The molecule has 0 amide bonds. The van der Waals surface area contributed by atoms with Gasteiger partial charge in [-0.15, -0.1) is 0 Å². The molecule has 0 aromatic carbocycles. The fourth-order valence-electron chi connectivity index (χ4n) is 0.930. The Morgan fingerprint density at radius 1 is 1.77 bits per heavy atom. The number of nitriles is 1. The SMILES string of the molecule is Cc1c(N)cn(CC#N)c(=O)c1Br. The van der Waals surface area contributed by atoms with Crippen molar-refractivity contribution < 1.29 is 0 Å². The van der Waals surface area contributed by atoms with E-state index >= 15 is 0 Å². The van der Waals surface area contributed by atoms with Crippen LogP contribution >= 0.6 is 15.9 Å². The maximum Gasteiger partial charge on any atom is 0.266 e. The highest BCUT2D eigenvalue weighted by Crippen LogP contribution is 2.16. The van der Waals surface area contributed by atoms with E-state index in [2.05, 4.69) is 15.9 Å². The zero-order chi connectivity index (χ0) is 10.0. The van der Waals surface area contributed by atoms with Crippen LogP contribution in [0.3, 0.4) is 0 Å². The zero-order valence-corrected chi connectivity index (χ0v) is 8.63. The van der Waals surface area contributed by atoms with Crippen molar-refractivity contribution in [3.8, 4) is 6.07 Å². The van der Waals surface area contributed by atoms with Crippen molar-refractivity contribution in [3.63, 3.8) is 0 Å². The maximum absolute atomic E-state index is 11.4. The first kappa shape index (κ1) is 9.81. The summed E-state index contributed by atoms with van der Waals surface area (Å²) in [7, 11) is 0. The van der Waals surface area contributed by atoms with Crippen molar-refractivity contribution in [2.45, 2.75) is 13.5 Å². The van der Waals surface area contributed by atoms with Crippen LogP contribution in [0.5, 0.6) is 0 Å². The largest absolute Gasteiger partial charge is 0.397 e. The van der Waals surface area contributed by atoms with Crippen molar-refractivity contribution in [2.24, 2.45) is 0 Å². The number of pyridine rings is 1. The van der Waals surface area contributed by atoms with Crippen molar-refractivity contribution in [3.05, 3.63) is 26.6 Å². The number of halogens is 1. The standard InChI is InChI=1S/C8H8BrN3O/c1-5-6(11)4-12(3-2-10)8(13)7(5)9/h4H,3,11H2,1H3. The predicted molar refractivity (Wildman–Crippen MR) is 53.2 cm³/mol. The predicted octanol–water partition coefficient (Wildman–Crippen LogP) is 1.03. The third-order valence-electron chi connectivity index (χ3n) is 1.75. The molecule has 1 aromatic rings. The van der Waals surface area contributed by atoms with Crippen LogP contribution in [0.25, 0.3) is 0 Å². The quantitative estimate of drug-likeness (QED) is 0.799. The molecular weight excluding hydrogens is 234 g/mol. The number of anilines is 1. The van der Waals surface area contributed by atoms with E-state index in [1.165, 1.54) is 10.8 Å². The first-order chi connectivity index (χ1) is 6.07. The van der Waals surface area contributed by atoms with E-state index in [9.17, 15) is 4.79 Å². The summed E-state index contributed by atoms with van der Waals surface area (Å²) >= 11 is 3.13. The van der Waals surface area contributed by atoms with Gasteiger partial charge in [0.15, 0.2) is 0 Å². The summed E-state index contributed by atoms with van der Waals surface area (Å²) in [6, 6.07) is 1.89. The molecule has 0 atom stereocenters. The summed E-state index contributed by atoms with van der Waals surface area (Å²) in [6.45, 7) is 1.76. The maximum atomic E-state index is 11.4. The van der Waals surface area contributed by atoms with Gasteiger partial charge in [-0.25, -0.2) is 0 Å². The van der Waals surface area contributed by atoms with E-state index in [0.717, 1.165) is 0 Å². The lowest BCUT2D eigenvalue weighted by atomic mass is 10.2. The molecule has 5 heteroatoms. The van der Waals surface area contributed by atoms with Crippen LogP contribution in [0, 0.1) is 18.3 Å². The lowest BCUT2D eigenvalue weighted by molar-refractivity contribution is 0.782. The number of nitrogens with zero attached hydrogens (tertiary/aromatic N) is 2. The number of hydrogen-bond acceptors (Lipinski definition) is 3. The van der Waals surface area contributed by atoms with Gasteiger partial charge in [0.1, 0.15) is 6.54 Å². The molecule has 68 valence electrons. The summed E-state index contributed by atoms with van der Waals surface area (Å²) in [4.78, 5) is 11.4.